The summed E-state index contributed by atoms with van der Waals surface area (Å²) >= 11 is 0. The Hall–Kier alpha value is -1.09. The van der Waals surface area contributed by atoms with Crippen LogP contribution in [0, 0.1) is 5.92 Å². The standard InChI is InChI=1S/C14H22N2O/c1-11(2)8-15-9-12-6-7-14(16-10-12)17-13-4-3-5-13/h6-7,10-11,13,15H,3-5,8-9H2,1-2H3. The van der Waals surface area contributed by atoms with Gasteiger partial charge in [-0.25, -0.2) is 4.98 Å². The Bertz CT molecular complexity index is 331. The third-order valence-electron chi connectivity index (χ3n) is 3.02. The SMILES string of the molecule is CC(C)CNCc1ccc(OC2CCC2)nc1. The van der Waals surface area contributed by atoms with Crippen LogP contribution in [0.4, 0.5) is 0 Å². The Morgan fingerprint density at radius 2 is 2.24 bits per heavy atom. The Morgan fingerprint density at radius 1 is 1.41 bits per heavy atom. The summed E-state index contributed by atoms with van der Waals surface area (Å²) in [6.07, 6.45) is 5.97. The maximum atomic E-state index is 5.72. The first kappa shape index (κ1) is 12.4. The zero-order chi connectivity index (χ0) is 12.1. The van der Waals surface area contributed by atoms with E-state index in [9.17, 15) is 0 Å². The predicted molar refractivity (Wildman–Crippen MR) is 69.0 cm³/mol. The molecule has 94 valence electrons. The van der Waals surface area contributed by atoms with Gasteiger partial charge in [0, 0.05) is 18.8 Å². The number of aromatic nitrogens is 1. The smallest absolute Gasteiger partial charge is 0.213 e. The van der Waals surface area contributed by atoms with E-state index in [1.54, 1.807) is 0 Å². The van der Waals surface area contributed by atoms with Gasteiger partial charge in [-0.3, -0.25) is 0 Å². The summed E-state index contributed by atoms with van der Waals surface area (Å²) in [7, 11) is 0. The number of hydrogen-bond donors (Lipinski definition) is 1. The third-order valence-corrected chi connectivity index (χ3v) is 3.02. The molecule has 1 aromatic rings. The fourth-order valence-electron chi connectivity index (χ4n) is 1.75. The number of hydrogen-bond acceptors (Lipinski definition) is 3. The topological polar surface area (TPSA) is 34.1 Å². The molecule has 0 atom stereocenters. The summed E-state index contributed by atoms with van der Waals surface area (Å²) in [4.78, 5) is 4.34. The van der Waals surface area contributed by atoms with Gasteiger partial charge in [0.05, 0.1) is 0 Å². The van der Waals surface area contributed by atoms with Gasteiger partial charge in [-0.2, -0.15) is 0 Å². The molecule has 1 aliphatic rings. The van der Waals surface area contributed by atoms with Crippen molar-refractivity contribution in [3.8, 4) is 5.88 Å². The number of nitrogens with one attached hydrogen (secondary N) is 1. The van der Waals surface area contributed by atoms with E-state index in [0.29, 0.717) is 12.0 Å². The van der Waals surface area contributed by atoms with Gasteiger partial charge in [-0.1, -0.05) is 19.9 Å². The van der Waals surface area contributed by atoms with Gasteiger partial charge in [-0.05, 0) is 37.3 Å². The van der Waals surface area contributed by atoms with E-state index >= 15 is 0 Å². The van der Waals surface area contributed by atoms with Gasteiger partial charge in [0.1, 0.15) is 6.10 Å². The highest BCUT2D eigenvalue weighted by Gasteiger charge is 2.19. The lowest BCUT2D eigenvalue weighted by atomic mass is 9.96. The second-order valence-corrected chi connectivity index (χ2v) is 5.20. The number of rotatable bonds is 6. The molecule has 0 amide bonds. The summed E-state index contributed by atoms with van der Waals surface area (Å²) in [6, 6.07) is 4.07. The van der Waals surface area contributed by atoms with Crippen LogP contribution >= 0.6 is 0 Å². The lowest BCUT2D eigenvalue weighted by Gasteiger charge is -2.25. The molecule has 1 saturated carbocycles. The second-order valence-electron chi connectivity index (χ2n) is 5.20. The summed E-state index contributed by atoms with van der Waals surface area (Å²) in [6.45, 7) is 6.34. The van der Waals surface area contributed by atoms with E-state index in [-0.39, 0.29) is 0 Å². The van der Waals surface area contributed by atoms with Crippen LogP contribution in [0.25, 0.3) is 0 Å². The quantitative estimate of drug-likeness (QED) is 0.822. The van der Waals surface area contributed by atoms with Crippen molar-refractivity contribution in [3.63, 3.8) is 0 Å². The Morgan fingerprint density at radius 3 is 2.76 bits per heavy atom. The molecule has 2 rings (SSSR count). The molecular formula is C14H22N2O. The molecule has 1 heterocycles. The Kier molecular flexibility index (Phi) is 4.37. The average molecular weight is 234 g/mol. The molecule has 1 aromatic heterocycles. The molecule has 3 heteroatoms. The van der Waals surface area contributed by atoms with Crippen LogP contribution in [0.2, 0.25) is 0 Å². The fourth-order valence-corrected chi connectivity index (χ4v) is 1.75. The van der Waals surface area contributed by atoms with Crippen molar-refractivity contribution < 1.29 is 4.74 Å². The maximum absolute atomic E-state index is 5.72. The van der Waals surface area contributed by atoms with Crippen LogP contribution in [0.15, 0.2) is 18.3 Å². The molecule has 0 radical (unpaired) electrons. The van der Waals surface area contributed by atoms with Gasteiger partial charge in [0.15, 0.2) is 0 Å². The summed E-state index contributed by atoms with van der Waals surface area (Å²) in [5.41, 5.74) is 1.21. The highest BCUT2D eigenvalue weighted by molar-refractivity contribution is 5.18. The number of pyridine rings is 1. The van der Waals surface area contributed by atoms with E-state index < -0.39 is 0 Å². The van der Waals surface area contributed by atoms with Crippen molar-refractivity contribution in [3.05, 3.63) is 23.9 Å². The minimum Gasteiger partial charge on any atom is -0.474 e. The average Bonchev–Trinajstić information content (AvgIpc) is 2.25. The van der Waals surface area contributed by atoms with Crippen LogP contribution < -0.4 is 10.1 Å². The van der Waals surface area contributed by atoms with Crippen molar-refractivity contribution in [2.24, 2.45) is 5.92 Å². The van der Waals surface area contributed by atoms with Crippen molar-refractivity contribution in [1.29, 1.82) is 0 Å². The molecular weight excluding hydrogens is 212 g/mol. The minimum absolute atomic E-state index is 0.410. The first-order valence-corrected chi connectivity index (χ1v) is 6.56. The van der Waals surface area contributed by atoms with Crippen LogP contribution in [-0.4, -0.2) is 17.6 Å². The summed E-state index contributed by atoms with van der Waals surface area (Å²) in [5, 5.41) is 3.40. The lowest BCUT2D eigenvalue weighted by molar-refractivity contribution is 0.114. The minimum atomic E-state index is 0.410. The fraction of sp³-hybridized carbons (Fsp3) is 0.643. The Labute approximate surface area is 104 Å². The first-order chi connectivity index (χ1) is 8.24. The molecule has 1 fully saturated rings. The summed E-state index contributed by atoms with van der Waals surface area (Å²) in [5.74, 6) is 1.45. The van der Waals surface area contributed by atoms with Crippen LogP contribution in [0.3, 0.4) is 0 Å². The molecule has 0 unspecified atom stereocenters. The van der Waals surface area contributed by atoms with E-state index in [0.717, 1.165) is 19.0 Å². The number of ether oxygens (including phenoxy) is 1. The lowest BCUT2D eigenvalue weighted by Crippen LogP contribution is -2.25. The second kappa shape index (κ2) is 6.01. The largest absolute Gasteiger partial charge is 0.474 e. The molecule has 1 aliphatic carbocycles. The van der Waals surface area contributed by atoms with Gasteiger partial charge in [0.25, 0.3) is 0 Å². The van der Waals surface area contributed by atoms with Crippen molar-refractivity contribution in [2.75, 3.05) is 6.54 Å². The molecule has 1 N–H and O–H groups in total. The van der Waals surface area contributed by atoms with E-state index in [4.69, 9.17) is 4.74 Å². The first-order valence-electron chi connectivity index (χ1n) is 6.56. The van der Waals surface area contributed by atoms with Crippen molar-refractivity contribution >= 4 is 0 Å². The molecule has 0 aromatic carbocycles. The van der Waals surface area contributed by atoms with E-state index in [2.05, 4.69) is 30.2 Å². The zero-order valence-electron chi connectivity index (χ0n) is 10.8. The molecule has 17 heavy (non-hydrogen) atoms. The highest BCUT2D eigenvalue weighted by Crippen LogP contribution is 2.23. The molecule has 0 bridgehead atoms. The van der Waals surface area contributed by atoms with Gasteiger partial charge in [0.2, 0.25) is 5.88 Å². The van der Waals surface area contributed by atoms with Crippen LogP contribution in [0.5, 0.6) is 5.88 Å². The van der Waals surface area contributed by atoms with Crippen molar-refractivity contribution in [2.45, 2.75) is 45.8 Å². The van der Waals surface area contributed by atoms with E-state index in [1.807, 2.05) is 12.3 Å². The van der Waals surface area contributed by atoms with Crippen LogP contribution in [0.1, 0.15) is 38.7 Å². The zero-order valence-corrected chi connectivity index (χ0v) is 10.8. The maximum Gasteiger partial charge on any atom is 0.213 e. The Balaban J connectivity index is 1.76. The third kappa shape index (κ3) is 4.00. The van der Waals surface area contributed by atoms with E-state index in [1.165, 1.54) is 24.8 Å². The monoisotopic (exact) mass is 234 g/mol. The molecule has 0 saturated heterocycles. The predicted octanol–water partition coefficient (Wildman–Crippen LogP) is 2.76. The molecule has 0 aliphatic heterocycles. The van der Waals surface area contributed by atoms with Gasteiger partial charge in [-0.15, -0.1) is 0 Å². The van der Waals surface area contributed by atoms with Crippen molar-refractivity contribution in [1.82, 2.24) is 10.3 Å². The molecule has 0 spiro atoms. The van der Waals surface area contributed by atoms with Gasteiger partial charge >= 0.3 is 0 Å². The highest BCUT2D eigenvalue weighted by atomic mass is 16.5. The normalized spacial score (nSPS) is 15.9. The van der Waals surface area contributed by atoms with Gasteiger partial charge < -0.3 is 10.1 Å². The molecule has 3 nitrogen and oxygen atoms in total. The number of nitrogens with zero attached hydrogens (tertiary/aromatic N) is 1. The van der Waals surface area contributed by atoms with Crippen LogP contribution in [-0.2, 0) is 6.54 Å². The summed E-state index contributed by atoms with van der Waals surface area (Å²) < 4.78 is 5.72.